The van der Waals surface area contributed by atoms with E-state index >= 15 is 0 Å². The quantitative estimate of drug-likeness (QED) is 0.0320. The van der Waals surface area contributed by atoms with Crippen molar-refractivity contribution in [1.29, 1.82) is 0 Å². The number of unbranched alkanes of at least 4 members (excludes halogenated alkanes) is 59. The number of amides is 1. The minimum Gasteiger partial charge on any atom is -0.466 e. The van der Waals surface area contributed by atoms with Crippen molar-refractivity contribution in [1.82, 2.24) is 5.32 Å². The number of aliphatic hydroxyl groups excluding tert-OH is 2. The maximum Gasteiger partial charge on any atom is 0.305 e. The van der Waals surface area contributed by atoms with E-state index < -0.39 is 12.1 Å². The van der Waals surface area contributed by atoms with E-state index in [0.29, 0.717) is 19.4 Å². The van der Waals surface area contributed by atoms with Crippen LogP contribution in [0.5, 0.6) is 0 Å². The first-order valence-corrected chi connectivity index (χ1v) is 38.1. The third kappa shape index (κ3) is 69.3. The van der Waals surface area contributed by atoms with Crippen LogP contribution in [0.1, 0.15) is 431 Å². The third-order valence-electron chi connectivity index (χ3n) is 18.0. The van der Waals surface area contributed by atoms with Crippen molar-refractivity contribution in [3.8, 4) is 0 Å². The molecule has 0 saturated heterocycles. The van der Waals surface area contributed by atoms with E-state index in [9.17, 15) is 19.8 Å². The van der Waals surface area contributed by atoms with Crippen LogP contribution < -0.4 is 5.32 Å². The van der Waals surface area contributed by atoms with E-state index in [-0.39, 0.29) is 18.5 Å². The van der Waals surface area contributed by atoms with Gasteiger partial charge in [-0.3, -0.25) is 9.59 Å². The molecule has 6 heteroatoms. The molecule has 2 unspecified atom stereocenters. The molecule has 0 rings (SSSR count). The zero-order valence-electron chi connectivity index (χ0n) is 56.5. The van der Waals surface area contributed by atoms with E-state index in [4.69, 9.17) is 4.74 Å². The van der Waals surface area contributed by atoms with Crippen LogP contribution in [-0.2, 0) is 14.3 Å². The molecule has 1 amide bonds. The Morgan fingerprint density at radius 2 is 0.566 bits per heavy atom. The fourth-order valence-corrected chi connectivity index (χ4v) is 12.2. The number of nitrogens with one attached hydrogen (secondary N) is 1. The molecule has 0 saturated carbocycles. The van der Waals surface area contributed by atoms with E-state index in [1.165, 1.54) is 366 Å². The van der Waals surface area contributed by atoms with Crippen molar-refractivity contribution in [2.45, 2.75) is 443 Å². The van der Waals surface area contributed by atoms with Crippen molar-refractivity contribution in [3.05, 3.63) is 24.3 Å². The Balaban J connectivity index is 3.36. The molecule has 0 radical (unpaired) electrons. The number of hydrogen-bond acceptors (Lipinski definition) is 5. The number of hydrogen-bond donors (Lipinski definition) is 3. The van der Waals surface area contributed by atoms with Gasteiger partial charge in [0.15, 0.2) is 0 Å². The van der Waals surface area contributed by atoms with Crippen molar-refractivity contribution in [2.24, 2.45) is 0 Å². The second-order valence-corrected chi connectivity index (χ2v) is 26.3. The summed E-state index contributed by atoms with van der Waals surface area (Å²) < 4.78 is 5.51. The fourth-order valence-electron chi connectivity index (χ4n) is 12.2. The molecule has 0 aliphatic carbocycles. The maximum absolute atomic E-state index is 12.5. The lowest BCUT2D eigenvalue weighted by atomic mass is 10.0. The van der Waals surface area contributed by atoms with Crippen LogP contribution in [0.4, 0.5) is 0 Å². The Hall–Kier alpha value is -1.66. The smallest absolute Gasteiger partial charge is 0.305 e. The minimum atomic E-state index is -0.844. The molecule has 0 aliphatic rings. The zero-order chi connectivity index (χ0) is 59.9. The van der Waals surface area contributed by atoms with Gasteiger partial charge in [-0.05, 0) is 57.8 Å². The second-order valence-electron chi connectivity index (χ2n) is 26.3. The summed E-state index contributed by atoms with van der Waals surface area (Å²) in [7, 11) is 0. The largest absolute Gasteiger partial charge is 0.466 e. The van der Waals surface area contributed by atoms with Crippen LogP contribution in [0.25, 0.3) is 0 Å². The lowest BCUT2D eigenvalue weighted by molar-refractivity contribution is -0.143. The molecule has 0 aromatic carbocycles. The average Bonchev–Trinajstić information content (AvgIpc) is 3.49. The lowest BCUT2D eigenvalue weighted by Crippen LogP contribution is -2.45. The lowest BCUT2D eigenvalue weighted by Gasteiger charge is -2.20. The zero-order valence-corrected chi connectivity index (χ0v) is 56.5. The normalized spacial score (nSPS) is 12.6. The predicted octanol–water partition coefficient (Wildman–Crippen LogP) is 24.9. The molecule has 492 valence electrons. The third-order valence-corrected chi connectivity index (χ3v) is 18.0. The molecule has 0 bridgehead atoms. The first-order chi connectivity index (χ1) is 41.0. The van der Waals surface area contributed by atoms with Crippen LogP contribution in [-0.4, -0.2) is 47.4 Å². The SMILES string of the molecule is CCCCCCCC/C=C\CCCCCCCCCCCC(=O)OCCCCCCCCCCCCCCCCCCCCCCCCCCCCC(=O)NC(CO)C(O)/C=C/CCCCCCCCCCCCCCCCCCCCC. The predicted molar refractivity (Wildman–Crippen MR) is 366 cm³/mol. The van der Waals surface area contributed by atoms with Crippen LogP contribution in [0.2, 0.25) is 0 Å². The van der Waals surface area contributed by atoms with Crippen LogP contribution in [0, 0.1) is 0 Å². The van der Waals surface area contributed by atoms with Gasteiger partial charge < -0.3 is 20.3 Å². The summed E-state index contributed by atoms with van der Waals surface area (Å²) >= 11 is 0. The summed E-state index contributed by atoms with van der Waals surface area (Å²) in [6, 6.07) is -0.627. The number of allylic oxidation sites excluding steroid dienone is 3. The van der Waals surface area contributed by atoms with Crippen LogP contribution in [0.15, 0.2) is 24.3 Å². The molecule has 0 aromatic heterocycles. The number of carbonyl (C=O) groups is 2. The highest BCUT2D eigenvalue weighted by Crippen LogP contribution is 2.19. The first kappa shape index (κ1) is 81.3. The van der Waals surface area contributed by atoms with Gasteiger partial charge in [0.2, 0.25) is 5.91 Å². The van der Waals surface area contributed by atoms with E-state index in [1.807, 2.05) is 6.08 Å². The molecule has 3 N–H and O–H groups in total. The number of carbonyl (C=O) groups excluding carboxylic acids is 2. The minimum absolute atomic E-state index is 0.0175. The van der Waals surface area contributed by atoms with Crippen molar-refractivity contribution in [2.75, 3.05) is 13.2 Å². The molecule has 0 aromatic rings. The highest BCUT2D eigenvalue weighted by molar-refractivity contribution is 5.76. The van der Waals surface area contributed by atoms with Crippen LogP contribution >= 0.6 is 0 Å². The van der Waals surface area contributed by atoms with Gasteiger partial charge in [0.25, 0.3) is 0 Å². The Labute approximate surface area is 520 Å². The number of rotatable bonds is 72. The molecule has 0 fully saturated rings. The number of aliphatic hydroxyl groups is 2. The summed E-state index contributed by atoms with van der Waals surface area (Å²) in [5.41, 5.74) is 0. The monoisotopic (exact) mass is 1170 g/mol. The van der Waals surface area contributed by atoms with E-state index in [0.717, 1.165) is 38.5 Å². The van der Waals surface area contributed by atoms with Crippen molar-refractivity contribution < 1.29 is 24.5 Å². The second kappa shape index (κ2) is 72.8. The summed E-state index contributed by atoms with van der Waals surface area (Å²) in [6.07, 6.45) is 92.8. The summed E-state index contributed by atoms with van der Waals surface area (Å²) in [4.78, 5) is 24.7. The molecule has 0 spiro atoms. The number of ether oxygens (including phenoxy) is 1. The fraction of sp³-hybridized carbons (Fsp3) is 0.922. The molecule has 0 heterocycles. The van der Waals surface area contributed by atoms with Gasteiger partial charge in [-0.2, -0.15) is 0 Å². The van der Waals surface area contributed by atoms with Gasteiger partial charge in [0.05, 0.1) is 25.4 Å². The van der Waals surface area contributed by atoms with Crippen molar-refractivity contribution in [3.63, 3.8) is 0 Å². The Morgan fingerprint density at radius 1 is 0.325 bits per heavy atom. The molecule has 0 aliphatic heterocycles. The summed E-state index contributed by atoms with van der Waals surface area (Å²) in [5.74, 6) is -0.0436. The summed E-state index contributed by atoms with van der Waals surface area (Å²) in [6.45, 7) is 4.95. The molecule has 2 atom stereocenters. The number of esters is 1. The van der Waals surface area contributed by atoms with E-state index in [1.54, 1.807) is 6.08 Å². The first-order valence-electron chi connectivity index (χ1n) is 38.1. The Morgan fingerprint density at radius 3 is 0.855 bits per heavy atom. The van der Waals surface area contributed by atoms with Gasteiger partial charge in [-0.1, -0.05) is 385 Å². The maximum atomic E-state index is 12.5. The van der Waals surface area contributed by atoms with Gasteiger partial charge in [-0.25, -0.2) is 0 Å². The highest BCUT2D eigenvalue weighted by Gasteiger charge is 2.18. The van der Waals surface area contributed by atoms with Crippen LogP contribution in [0.3, 0.4) is 0 Å². The molecular weight excluding hydrogens is 1020 g/mol. The Bertz CT molecular complexity index is 1300. The van der Waals surface area contributed by atoms with Crippen molar-refractivity contribution >= 4 is 11.9 Å². The highest BCUT2D eigenvalue weighted by atomic mass is 16.5. The van der Waals surface area contributed by atoms with E-state index in [2.05, 4.69) is 31.3 Å². The molecular formula is C77H149NO5. The topological polar surface area (TPSA) is 95.9 Å². The van der Waals surface area contributed by atoms with Gasteiger partial charge in [0.1, 0.15) is 0 Å². The van der Waals surface area contributed by atoms with Gasteiger partial charge in [-0.15, -0.1) is 0 Å². The van der Waals surface area contributed by atoms with Gasteiger partial charge in [0, 0.05) is 12.8 Å². The summed E-state index contributed by atoms with van der Waals surface area (Å²) in [5, 5.41) is 23.3. The molecule has 83 heavy (non-hydrogen) atoms. The molecule has 6 nitrogen and oxygen atoms in total. The Kier molecular flexibility index (Phi) is 71.4. The average molecular weight is 1170 g/mol. The standard InChI is InChI=1S/C77H149NO5/c1-3-5-7-9-11-13-15-17-19-21-23-30-34-37-41-45-49-53-57-61-65-69-75(80)74(73-79)78-76(81)70-66-62-58-54-50-46-42-38-35-31-28-26-24-25-27-29-32-36-40-44-48-52-56-60-64-68-72-83-77(82)71-67-63-59-55-51-47-43-39-33-22-20-18-16-14-12-10-8-6-4-2/h18,20,65,69,74-75,79-80H,3-17,19,21-64,66-68,70-73H2,1-2H3,(H,78,81)/b20-18-,69-65+. The van der Waals surface area contributed by atoms with Gasteiger partial charge >= 0.3 is 5.97 Å².